The number of nitrogens with one attached hydrogen (secondary N) is 2. The highest BCUT2D eigenvalue weighted by molar-refractivity contribution is 7.14. The van der Waals surface area contributed by atoms with E-state index in [4.69, 9.17) is 4.74 Å². The summed E-state index contributed by atoms with van der Waals surface area (Å²) in [5.41, 5.74) is 3.18. The molecule has 0 fully saturated rings. The molecule has 3 heterocycles. The van der Waals surface area contributed by atoms with Gasteiger partial charge in [0.15, 0.2) is 5.13 Å². The van der Waals surface area contributed by atoms with Gasteiger partial charge in [0.05, 0.1) is 5.69 Å². The Kier molecular flexibility index (Phi) is 5.19. The fourth-order valence-electron chi connectivity index (χ4n) is 3.38. The molecule has 0 unspecified atom stereocenters. The van der Waals surface area contributed by atoms with E-state index in [1.807, 2.05) is 38.3 Å². The fraction of sp³-hybridized carbons (Fsp3) is 0.333. The minimum Gasteiger partial charge on any atom is -0.490 e. The smallest absolute Gasteiger partial charge is 0.345 e. The number of aromatic amines is 1. The number of amides is 1. The molecule has 1 atom stereocenters. The van der Waals surface area contributed by atoms with Gasteiger partial charge in [-0.05, 0) is 49.1 Å². The van der Waals surface area contributed by atoms with Gasteiger partial charge in [-0.2, -0.15) is 4.98 Å². The van der Waals surface area contributed by atoms with Gasteiger partial charge >= 0.3 is 5.69 Å². The highest BCUT2D eigenvalue weighted by Crippen LogP contribution is 2.33. The number of benzene rings is 1. The quantitative estimate of drug-likeness (QED) is 0.669. The molecule has 0 saturated heterocycles. The maximum Gasteiger partial charge on any atom is 0.345 e. The molecule has 2 aromatic heterocycles. The fourth-order valence-corrected chi connectivity index (χ4v) is 4.10. The zero-order chi connectivity index (χ0) is 20.5. The molecule has 2 N–H and O–H groups in total. The van der Waals surface area contributed by atoms with E-state index < -0.39 is 11.6 Å². The first kappa shape index (κ1) is 19.3. The molecule has 1 aliphatic heterocycles. The Morgan fingerprint density at radius 3 is 2.97 bits per heavy atom. The van der Waals surface area contributed by atoms with Crippen molar-refractivity contribution in [3.63, 3.8) is 0 Å². The van der Waals surface area contributed by atoms with Gasteiger partial charge in [0.1, 0.15) is 17.5 Å². The van der Waals surface area contributed by atoms with Crippen molar-refractivity contribution in [1.82, 2.24) is 15.0 Å². The highest BCUT2D eigenvalue weighted by Gasteiger charge is 2.20. The van der Waals surface area contributed by atoms with Gasteiger partial charge in [-0.1, -0.05) is 13.8 Å². The second-order valence-corrected chi connectivity index (χ2v) is 8.50. The molecule has 150 valence electrons. The monoisotopic (exact) mass is 410 g/mol. The van der Waals surface area contributed by atoms with Crippen molar-refractivity contribution in [1.29, 1.82) is 0 Å². The normalized spacial score (nSPS) is 15.2. The summed E-state index contributed by atoms with van der Waals surface area (Å²) in [7, 11) is 0. The van der Waals surface area contributed by atoms with E-state index in [9.17, 15) is 9.59 Å². The van der Waals surface area contributed by atoms with E-state index in [2.05, 4.69) is 26.3 Å². The van der Waals surface area contributed by atoms with Gasteiger partial charge in [0, 0.05) is 23.1 Å². The van der Waals surface area contributed by atoms with E-state index in [0.717, 1.165) is 23.4 Å². The molecule has 7 nitrogen and oxygen atoms in total. The molecule has 1 amide bonds. The van der Waals surface area contributed by atoms with E-state index in [0.29, 0.717) is 23.2 Å². The number of hydrogen-bond acceptors (Lipinski definition) is 6. The average molecular weight is 410 g/mol. The van der Waals surface area contributed by atoms with E-state index in [1.165, 1.54) is 16.9 Å². The zero-order valence-electron chi connectivity index (χ0n) is 16.5. The molecule has 8 heteroatoms. The number of carbonyl (C=O) groups is 1. The van der Waals surface area contributed by atoms with E-state index >= 15 is 0 Å². The first-order chi connectivity index (χ1) is 13.9. The molecule has 1 aromatic carbocycles. The first-order valence-electron chi connectivity index (χ1n) is 9.54. The molecular formula is C21H22N4O3S. The van der Waals surface area contributed by atoms with Crippen LogP contribution in [0.15, 0.2) is 34.4 Å². The van der Waals surface area contributed by atoms with Gasteiger partial charge in [-0.15, -0.1) is 11.3 Å². The summed E-state index contributed by atoms with van der Waals surface area (Å²) in [4.78, 5) is 35.3. The van der Waals surface area contributed by atoms with Gasteiger partial charge in [0.2, 0.25) is 0 Å². The van der Waals surface area contributed by atoms with Crippen LogP contribution in [0.4, 0.5) is 5.13 Å². The number of fused-ring (bicyclic) bond motifs is 1. The molecule has 29 heavy (non-hydrogen) atoms. The summed E-state index contributed by atoms with van der Waals surface area (Å²) in [6.45, 7) is 6.13. The van der Waals surface area contributed by atoms with Gasteiger partial charge in [-0.3, -0.25) is 10.1 Å². The standard InChI is InChI=1S/C21H22N4O3S/c1-11(2)6-15-9-16(23-20(27)22-15)19(26)25-21-24-17(10-29-21)13-4-5-18-14(8-13)7-12(3)28-18/h4-5,8-12H,6-7H2,1-3H3,(H,22,23,27)(H,24,25,26)/t12-/m1/s1. The lowest BCUT2D eigenvalue weighted by atomic mass is 10.1. The van der Waals surface area contributed by atoms with Crippen LogP contribution in [0.5, 0.6) is 5.75 Å². The van der Waals surface area contributed by atoms with Crippen LogP contribution in [0.1, 0.15) is 42.5 Å². The zero-order valence-corrected chi connectivity index (χ0v) is 17.3. The summed E-state index contributed by atoms with van der Waals surface area (Å²) < 4.78 is 5.74. The maximum absolute atomic E-state index is 12.6. The second-order valence-electron chi connectivity index (χ2n) is 7.64. The Morgan fingerprint density at radius 1 is 1.34 bits per heavy atom. The van der Waals surface area contributed by atoms with Crippen molar-refractivity contribution < 1.29 is 9.53 Å². The molecule has 3 aromatic rings. The number of hydrogen-bond donors (Lipinski definition) is 2. The number of nitrogens with zero attached hydrogens (tertiary/aromatic N) is 2. The Balaban J connectivity index is 1.51. The topological polar surface area (TPSA) is 97.0 Å². The number of anilines is 1. The molecule has 0 radical (unpaired) electrons. The Hall–Kier alpha value is -3.00. The number of carbonyl (C=O) groups excluding carboxylic acids is 1. The third-order valence-corrected chi connectivity index (χ3v) is 5.34. The Morgan fingerprint density at radius 2 is 2.17 bits per heavy atom. The van der Waals surface area contributed by atoms with Crippen molar-refractivity contribution >= 4 is 22.4 Å². The van der Waals surface area contributed by atoms with Crippen LogP contribution in [0.3, 0.4) is 0 Å². The van der Waals surface area contributed by atoms with Crippen LogP contribution in [-0.4, -0.2) is 27.0 Å². The highest BCUT2D eigenvalue weighted by atomic mass is 32.1. The summed E-state index contributed by atoms with van der Waals surface area (Å²) >= 11 is 1.33. The van der Waals surface area contributed by atoms with Gasteiger partial charge < -0.3 is 9.72 Å². The summed E-state index contributed by atoms with van der Waals surface area (Å²) in [5, 5.41) is 5.10. The molecule has 0 spiro atoms. The lowest BCUT2D eigenvalue weighted by Crippen LogP contribution is -2.22. The predicted octanol–water partition coefficient (Wildman–Crippen LogP) is 3.67. The van der Waals surface area contributed by atoms with Gasteiger partial charge in [0.25, 0.3) is 5.91 Å². The van der Waals surface area contributed by atoms with Crippen LogP contribution < -0.4 is 15.7 Å². The summed E-state index contributed by atoms with van der Waals surface area (Å²) in [6.07, 6.45) is 1.73. The number of ether oxygens (including phenoxy) is 1. The second kappa shape index (κ2) is 7.79. The summed E-state index contributed by atoms with van der Waals surface area (Å²) in [5.74, 6) is 0.826. The van der Waals surface area contributed by atoms with Crippen molar-refractivity contribution in [3.05, 3.63) is 57.1 Å². The molecule has 0 bridgehead atoms. The van der Waals surface area contributed by atoms with E-state index in [1.54, 1.807) is 6.07 Å². The third-order valence-electron chi connectivity index (χ3n) is 4.58. The lowest BCUT2D eigenvalue weighted by molar-refractivity contribution is 0.102. The molecular weight excluding hydrogens is 388 g/mol. The predicted molar refractivity (Wildman–Crippen MR) is 113 cm³/mol. The average Bonchev–Trinajstić information content (AvgIpc) is 3.25. The number of H-pyrrole nitrogens is 1. The third kappa shape index (κ3) is 4.37. The largest absolute Gasteiger partial charge is 0.490 e. The number of thiazole rings is 1. The van der Waals surface area contributed by atoms with E-state index in [-0.39, 0.29) is 11.8 Å². The van der Waals surface area contributed by atoms with Crippen LogP contribution in [0.2, 0.25) is 0 Å². The minimum atomic E-state index is -0.525. The number of rotatable bonds is 5. The van der Waals surface area contributed by atoms with Crippen LogP contribution in [-0.2, 0) is 12.8 Å². The van der Waals surface area contributed by atoms with Crippen molar-refractivity contribution in [3.8, 4) is 17.0 Å². The SMILES string of the molecule is CC(C)Cc1cc(C(=O)Nc2nc(-c3ccc4c(c3)C[C@@H](C)O4)cs2)nc(=O)[nH]1. The van der Waals surface area contributed by atoms with Gasteiger partial charge in [-0.25, -0.2) is 9.78 Å². The Bertz CT molecular complexity index is 1120. The first-order valence-corrected chi connectivity index (χ1v) is 10.4. The van der Waals surface area contributed by atoms with Crippen LogP contribution >= 0.6 is 11.3 Å². The molecule has 4 rings (SSSR count). The Labute approximate surface area is 172 Å². The maximum atomic E-state index is 12.6. The van der Waals surface area contributed by atoms with Crippen molar-refractivity contribution in [2.24, 2.45) is 5.92 Å². The lowest BCUT2D eigenvalue weighted by Gasteiger charge is -2.06. The van der Waals surface area contributed by atoms with Crippen LogP contribution in [0, 0.1) is 5.92 Å². The van der Waals surface area contributed by atoms with Crippen LogP contribution in [0.25, 0.3) is 11.3 Å². The molecule has 1 aliphatic rings. The number of aromatic nitrogens is 3. The minimum absolute atomic E-state index is 0.0878. The summed E-state index contributed by atoms with van der Waals surface area (Å²) in [6, 6.07) is 7.62. The van der Waals surface area contributed by atoms with Crippen molar-refractivity contribution in [2.45, 2.75) is 39.7 Å². The molecule has 0 saturated carbocycles. The molecule has 0 aliphatic carbocycles. The van der Waals surface area contributed by atoms with Crippen molar-refractivity contribution in [2.75, 3.05) is 5.32 Å².